The van der Waals surface area contributed by atoms with Crippen LogP contribution in [0.25, 0.3) is 16.9 Å². The minimum absolute atomic E-state index is 0.191. The van der Waals surface area contributed by atoms with Gasteiger partial charge in [0.05, 0.1) is 11.1 Å². The number of hydrogen-bond donors (Lipinski definition) is 1. The van der Waals surface area contributed by atoms with Crippen LogP contribution in [0.2, 0.25) is 5.15 Å². The van der Waals surface area contributed by atoms with Crippen molar-refractivity contribution < 1.29 is 26.3 Å². The fraction of sp³-hybridized carbons (Fsp3) is 0.312. The Morgan fingerprint density at radius 2 is 1.68 bits per heavy atom. The first-order valence-electron chi connectivity index (χ1n) is 7.88. The Morgan fingerprint density at radius 3 is 2.21 bits per heavy atom. The van der Waals surface area contributed by atoms with E-state index in [4.69, 9.17) is 11.6 Å². The third kappa shape index (κ3) is 3.58. The molecular formula is C16H12ClF6N5. The maximum absolute atomic E-state index is 14.4. The lowest BCUT2D eigenvalue weighted by molar-refractivity contribution is -0.150. The first-order chi connectivity index (χ1) is 13.0. The molecule has 150 valence electrons. The molecule has 0 aliphatic rings. The number of aromatic nitrogens is 4. The average Bonchev–Trinajstić information content (AvgIpc) is 2.99. The zero-order chi connectivity index (χ0) is 20.8. The van der Waals surface area contributed by atoms with Crippen LogP contribution in [0, 0.1) is 23.4 Å². The van der Waals surface area contributed by atoms with Crippen molar-refractivity contribution in [3.63, 3.8) is 0 Å². The molecule has 0 aliphatic heterocycles. The molecule has 3 aromatic rings. The number of rotatable bonds is 4. The highest BCUT2D eigenvalue weighted by molar-refractivity contribution is 6.33. The number of nitrogens with one attached hydrogen (secondary N) is 1. The summed E-state index contributed by atoms with van der Waals surface area (Å²) in [5.41, 5.74) is -1.38. The molecule has 0 fully saturated rings. The standard InChI is InChI=1S/C16H12ClF6N5/c1-6(2)12(16(21,22)23)26-14-11(10-8(19)3-7(18)4-9(10)20)13(17)27-15-24-5-25-28(14)15/h3-6,12,26H,1-2H3/t12-/m0/s1. The summed E-state index contributed by atoms with van der Waals surface area (Å²) < 4.78 is 83.2. The lowest BCUT2D eigenvalue weighted by Crippen LogP contribution is -2.41. The van der Waals surface area contributed by atoms with Crippen LogP contribution in [0.1, 0.15) is 13.8 Å². The van der Waals surface area contributed by atoms with E-state index in [2.05, 4.69) is 20.4 Å². The minimum atomic E-state index is -4.70. The summed E-state index contributed by atoms with van der Waals surface area (Å²) in [5.74, 6) is -5.55. The lowest BCUT2D eigenvalue weighted by atomic mass is 10.0. The predicted molar refractivity (Wildman–Crippen MR) is 89.4 cm³/mol. The van der Waals surface area contributed by atoms with Crippen molar-refractivity contribution >= 4 is 23.2 Å². The second kappa shape index (κ2) is 7.12. The van der Waals surface area contributed by atoms with E-state index in [9.17, 15) is 26.3 Å². The molecule has 5 nitrogen and oxygen atoms in total. The molecule has 1 aromatic carbocycles. The van der Waals surface area contributed by atoms with Crippen LogP contribution in [0.15, 0.2) is 18.5 Å². The first kappa shape index (κ1) is 20.2. The molecule has 2 heterocycles. The van der Waals surface area contributed by atoms with E-state index in [1.54, 1.807) is 0 Å². The van der Waals surface area contributed by atoms with Crippen molar-refractivity contribution in [3.8, 4) is 11.1 Å². The number of halogens is 7. The Labute approximate surface area is 159 Å². The van der Waals surface area contributed by atoms with Gasteiger partial charge in [0.2, 0.25) is 0 Å². The van der Waals surface area contributed by atoms with Crippen molar-refractivity contribution in [3.05, 3.63) is 41.1 Å². The van der Waals surface area contributed by atoms with Crippen LogP contribution in [-0.4, -0.2) is 31.8 Å². The van der Waals surface area contributed by atoms with Crippen LogP contribution < -0.4 is 5.32 Å². The third-order valence-electron chi connectivity index (χ3n) is 3.95. The molecule has 0 aliphatic carbocycles. The molecule has 0 spiro atoms. The Kier molecular flexibility index (Phi) is 5.13. The van der Waals surface area contributed by atoms with E-state index in [0.29, 0.717) is 12.1 Å². The predicted octanol–water partition coefficient (Wildman–Crippen LogP) is 4.86. The number of benzene rings is 1. The van der Waals surface area contributed by atoms with E-state index in [-0.39, 0.29) is 5.78 Å². The monoisotopic (exact) mass is 423 g/mol. The van der Waals surface area contributed by atoms with Gasteiger partial charge in [0.25, 0.3) is 5.78 Å². The molecule has 1 N–H and O–H groups in total. The molecule has 12 heteroatoms. The molecule has 0 saturated carbocycles. The summed E-state index contributed by atoms with van der Waals surface area (Å²) in [6.07, 6.45) is -3.71. The fourth-order valence-corrected chi connectivity index (χ4v) is 2.99. The van der Waals surface area contributed by atoms with Crippen molar-refractivity contribution in [2.45, 2.75) is 26.1 Å². The topological polar surface area (TPSA) is 55.1 Å². The van der Waals surface area contributed by atoms with Crippen LogP contribution in [0.3, 0.4) is 0 Å². The third-order valence-corrected chi connectivity index (χ3v) is 4.22. The quantitative estimate of drug-likeness (QED) is 0.481. The highest BCUT2D eigenvalue weighted by Gasteiger charge is 2.43. The molecule has 0 unspecified atom stereocenters. The molecule has 0 saturated heterocycles. The number of alkyl halides is 3. The van der Waals surface area contributed by atoms with E-state index in [1.807, 2.05) is 0 Å². The molecule has 3 rings (SSSR count). The maximum atomic E-state index is 14.4. The van der Waals surface area contributed by atoms with Crippen LogP contribution in [-0.2, 0) is 0 Å². The van der Waals surface area contributed by atoms with Crippen LogP contribution in [0.5, 0.6) is 0 Å². The molecule has 1 atom stereocenters. The molecule has 28 heavy (non-hydrogen) atoms. The highest BCUT2D eigenvalue weighted by Crippen LogP contribution is 2.39. The smallest absolute Gasteiger partial charge is 0.358 e. The van der Waals surface area contributed by atoms with E-state index in [1.165, 1.54) is 13.8 Å². The highest BCUT2D eigenvalue weighted by atomic mass is 35.5. The average molecular weight is 424 g/mol. The van der Waals surface area contributed by atoms with Gasteiger partial charge < -0.3 is 5.32 Å². The van der Waals surface area contributed by atoms with Crippen molar-refractivity contribution in [1.29, 1.82) is 0 Å². The van der Waals surface area contributed by atoms with E-state index >= 15 is 0 Å². The second-order valence-corrected chi connectivity index (χ2v) is 6.61. The van der Waals surface area contributed by atoms with Crippen LogP contribution in [0.4, 0.5) is 32.2 Å². The Morgan fingerprint density at radius 1 is 1.07 bits per heavy atom. The Bertz CT molecular complexity index is 1010. The summed E-state index contributed by atoms with van der Waals surface area (Å²) >= 11 is 6.02. The summed E-state index contributed by atoms with van der Waals surface area (Å²) in [6, 6.07) is -1.34. The Hall–Kier alpha value is -2.56. The van der Waals surface area contributed by atoms with Gasteiger partial charge in [0.15, 0.2) is 0 Å². The number of hydrogen-bond acceptors (Lipinski definition) is 4. The number of fused-ring (bicyclic) bond motifs is 1. The normalized spacial score (nSPS) is 13.4. The van der Waals surface area contributed by atoms with Gasteiger partial charge in [-0.15, -0.1) is 0 Å². The summed E-state index contributed by atoms with van der Waals surface area (Å²) in [6.45, 7) is 2.62. The van der Waals surface area contributed by atoms with Crippen LogP contribution >= 0.6 is 11.6 Å². The van der Waals surface area contributed by atoms with Gasteiger partial charge in [0.1, 0.15) is 40.8 Å². The summed E-state index contributed by atoms with van der Waals surface area (Å²) in [4.78, 5) is 7.53. The molecule has 0 amide bonds. The van der Waals surface area contributed by atoms with Gasteiger partial charge in [-0.05, 0) is 5.92 Å². The Balaban J connectivity index is 2.33. The van der Waals surface area contributed by atoms with Gasteiger partial charge in [-0.1, -0.05) is 25.4 Å². The number of nitrogens with zero attached hydrogens (tertiary/aromatic N) is 4. The van der Waals surface area contributed by atoms with Gasteiger partial charge in [-0.25, -0.2) is 13.2 Å². The maximum Gasteiger partial charge on any atom is 0.408 e. The molecule has 2 aromatic heterocycles. The zero-order valence-electron chi connectivity index (χ0n) is 14.3. The molecule has 0 radical (unpaired) electrons. The number of anilines is 1. The summed E-state index contributed by atoms with van der Waals surface area (Å²) in [5, 5.41) is 5.43. The van der Waals surface area contributed by atoms with E-state index in [0.717, 1.165) is 10.8 Å². The lowest BCUT2D eigenvalue weighted by Gasteiger charge is -2.27. The zero-order valence-corrected chi connectivity index (χ0v) is 15.1. The van der Waals surface area contributed by atoms with Crippen molar-refractivity contribution in [2.75, 3.05) is 5.32 Å². The largest absolute Gasteiger partial charge is 0.408 e. The second-order valence-electron chi connectivity index (χ2n) is 6.25. The van der Waals surface area contributed by atoms with Gasteiger partial charge in [0, 0.05) is 12.1 Å². The minimum Gasteiger partial charge on any atom is -0.358 e. The SMILES string of the molecule is CC(C)[C@H](Nc1c(-c2c(F)cc(F)cc2F)c(Cl)nc2ncnn12)C(F)(F)F. The first-order valence-corrected chi connectivity index (χ1v) is 8.26. The summed E-state index contributed by atoms with van der Waals surface area (Å²) in [7, 11) is 0. The van der Waals surface area contributed by atoms with Crippen molar-refractivity contribution in [1.82, 2.24) is 19.6 Å². The van der Waals surface area contributed by atoms with Crippen molar-refractivity contribution in [2.24, 2.45) is 5.92 Å². The van der Waals surface area contributed by atoms with Gasteiger partial charge in [-0.2, -0.15) is 32.8 Å². The molecule has 0 bridgehead atoms. The fourth-order valence-electron chi connectivity index (χ4n) is 2.73. The van der Waals surface area contributed by atoms with Gasteiger partial charge in [-0.3, -0.25) is 0 Å². The van der Waals surface area contributed by atoms with E-state index < -0.39 is 57.7 Å². The molecular weight excluding hydrogens is 412 g/mol. The van der Waals surface area contributed by atoms with Gasteiger partial charge >= 0.3 is 6.18 Å².